The normalized spacial score (nSPS) is 20.6. The Morgan fingerprint density at radius 3 is 3.04 bits per heavy atom. The first kappa shape index (κ1) is 17.4. The molecule has 0 aliphatic carbocycles. The summed E-state index contributed by atoms with van der Waals surface area (Å²) in [5, 5.41) is 13.5. The molecule has 7 heteroatoms. The molecule has 134 valence electrons. The second kappa shape index (κ2) is 8.11. The van der Waals surface area contributed by atoms with Gasteiger partial charge in [0.15, 0.2) is 11.8 Å². The summed E-state index contributed by atoms with van der Waals surface area (Å²) in [6.45, 7) is 7.24. The van der Waals surface area contributed by atoms with Gasteiger partial charge >= 0.3 is 0 Å². The number of rotatable bonds is 6. The van der Waals surface area contributed by atoms with Crippen molar-refractivity contribution < 1.29 is 4.74 Å². The van der Waals surface area contributed by atoms with Crippen molar-refractivity contribution in [3.63, 3.8) is 0 Å². The number of aromatic nitrogens is 3. The Labute approximate surface area is 148 Å². The zero-order chi connectivity index (χ0) is 17.5. The van der Waals surface area contributed by atoms with Crippen LogP contribution < -0.4 is 10.6 Å². The number of nitrogens with zero attached hydrogens (tertiary/aromatic N) is 3. The van der Waals surface area contributed by atoms with Gasteiger partial charge in [-0.25, -0.2) is 9.98 Å². The maximum absolute atomic E-state index is 5.83. The van der Waals surface area contributed by atoms with Gasteiger partial charge in [-0.15, -0.1) is 0 Å². The zero-order valence-electron chi connectivity index (χ0n) is 14.9. The van der Waals surface area contributed by atoms with Crippen LogP contribution in [0.1, 0.15) is 32.3 Å². The van der Waals surface area contributed by atoms with Crippen LogP contribution in [0.5, 0.6) is 0 Å². The van der Waals surface area contributed by atoms with Gasteiger partial charge in [-0.2, -0.15) is 5.10 Å². The molecule has 0 amide bonds. The topological polar surface area (TPSA) is 87.2 Å². The molecule has 0 spiro atoms. The van der Waals surface area contributed by atoms with E-state index in [0.29, 0.717) is 6.54 Å². The number of hydrogen-bond donors (Lipinski definition) is 3. The second-order valence-corrected chi connectivity index (χ2v) is 6.49. The summed E-state index contributed by atoms with van der Waals surface area (Å²) in [4.78, 5) is 8.88. The van der Waals surface area contributed by atoms with Crippen molar-refractivity contribution in [2.45, 2.75) is 38.8 Å². The molecule has 1 unspecified atom stereocenters. The third kappa shape index (κ3) is 4.79. The van der Waals surface area contributed by atoms with E-state index in [2.05, 4.69) is 51.8 Å². The van der Waals surface area contributed by atoms with Crippen LogP contribution in [0.25, 0.3) is 11.4 Å². The highest BCUT2D eigenvalue weighted by atomic mass is 16.5. The van der Waals surface area contributed by atoms with Crippen LogP contribution in [0, 0.1) is 0 Å². The molecule has 1 atom stereocenters. The molecule has 0 radical (unpaired) electrons. The van der Waals surface area contributed by atoms with Crippen LogP contribution in [-0.4, -0.2) is 46.4 Å². The third-order valence-corrected chi connectivity index (χ3v) is 4.31. The minimum Gasteiger partial charge on any atom is -0.373 e. The maximum Gasteiger partial charge on any atom is 0.191 e. The summed E-state index contributed by atoms with van der Waals surface area (Å²) in [6.07, 6.45) is 3.72. The van der Waals surface area contributed by atoms with Gasteiger partial charge in [0, 0.05) is 25.3 Å². The molecule has 25 heavy (non-hydrogen) atoms. The number of aromatic amines is 1. The fourth-order valence-electron chi connectivity index (χ4n) is 2.92. The lowest BCUT2D eigenvalue weighted by molar-refractivity contribution is 0.0243. The number of H-pyrrole nitrogens is 1. The number of benzene rings is 1. The van der Waals surface area contributed by atoms with Crippen molar-refractivity contribution in [2.24, 2.45) is 4.99 Å². The van der Waals surface area contributed by atoms with E-state index < -0.39 is 0 Å². The van der Waals surface area contributed by atoms with Gasteiger partial charge in [0.2, 0.25) is 0 Å². The van der Waals surface area contributed by atoms with Gasteiger partial charge in [0.05, 0.1) is 12.1 Å². The van der Waals surface area contributed by atoms with Crippen molar-refractivity contribution in [3.8, 4) is 11.4 Å². The molecular weight excluding hydrogens is 316 g/mol. The molecule has 1 aliphatic heterocycles. The lowest BCUT2D eigenvalue weighted by Gasteiger charge is -2.24. The van der Waals surface area contributed by atoms with Gasteiger partial charge in [0.1, 0.15) is 6.33 Å². The highest BCUT2D eigenvalue weighted by Crippen LogP contribution is 2.23. The Balaban J connectivity index is 1.64. The lowest BCUT2D eigenvalue weighted by atomic mass is 10.0. The number of nitrogens with one attached hydrogen (secondary N) is 3. The standard InChI is InChI=1S/C18H26N6O/c1-3-19-17(21-12-18(2)8-5-9-25-18)20-11-14-6-4-7-15(10-14)16-22-13-23-24-16/h4,6-7,10,13H,3,5,8-9,11-12H2,1-2H3,(H2,19,20,21)(H,22,23,24). The summed E-state index contributed by atoms with van der Waals surface area (Å²) in [5.74, 6) is 1.58. The van der Waals surface area contributed by atoms with Gasteiger partial charge in [0.25, 0.3) is 0 Å². The molecule has 0 bridgehead atoms. The van der Waals surface area contributed by atoms with Crippen LogP contribution in [0.2, 0.25) is 0 Å². The first-order valence-electron chi connectivity index (χ1n) is 8.79. The molecular formula is C18H26N6O. The minimum atomic E-state index is -0.0948. The van der Waals surface area contributed by atoms with E-state index in [1.54, 1.807) is 0 Å². The fraction of sp³-hybridized carbons (Fsp3) is 0.500. The average molecular weight is 342 g/mol. The van der Waals surface area contributed by atoms with Crippen LogP contribution in [0.15, 0.2) is 35.6 Å². The molecule has 2 heterocycles. The van der Waals surface area contributed by atoms with Crippen molar-refractivity contribution in [2.75, 3.05) is 19.7 Å². The van der Waals surface area contributed by atoms with Crippen LogP contribution in [0.3, 0.4) is 0 Å². The summed E-state index contributed by atoms with van der Waals surface area (Å²) in [7, 11) is 0. The predicted octanol–water partition coefficient (Wildman–Crippen LogP) is 2.10. The number of ether oxygens (including phenoxy) is 1. The van der Waals surface area contributed by atoms with Crippen molar-refractivity contribution in [1.29, 1.82) is 0 Å². The maximum atomic E-state index is 5.83. The molecule has 1 fully saturated rings. The van der Waals surface area contributed by atoms with Crippen molar-refractivity contribution in [1.82, 2.24) is 25.8 Å². The van der Waals surface area contributed by atoms with Gasteiger partial charge in [-0.3, -0.25) is 5.10 Å². The second-order valence-electron chi connectivity index (χ2n) is 6.49. The molecule has 3 rings (SSSR count). The van der Waals surface area contributed by atoms with Crippen LogP contribution in [-0.2, 0) is 11.3 Å². The third-order valence-electron chi connectivity index (χ3n) is 4.31. The Bertz CT molecular complexity index is 691. The van der Waals surface area contributed by atoms with E-state index in [9.17, 15) is 0 Å². The minimum absolute atomic E-state index is 0.0948. The Morgan fingerprint density at radius 1 is 1.40 bits per heavy atom. The highest BCUT2D eigenvalue weighted by molar-refractivity contribution is 5.79. The van der Waals surface area contributed by atoms with Gasteiger partial charge in [-0.05, 0) is 38.3 Å². The number of aliphatic imine (C=N–C) groups is 1. The van der Waals surface area contributed by atoms with Gasteiger partial charge < -0.3 is 15.4 Å². The van der Waals surface area contributed by atoms with E-state index in [1.165, 1.54) is 6.33 Å². The lowest BCUT2D eigenvalue weighted by Crippen LogP contribution is -2.45. The SMILES string of the molecule is CCNC(=NCc1cccc(-c2ncn[nH]2)c1)NCC1(C)CCCO1. The molecule has 0 saturated carbocycles. The summed E-state index contributed by atoms with van der Waals surface area (Å²) in [5.41, 5.74) is 2.03. The molecule has 1 aromatic heterocycles. The molecule has 2 aromatic rings. The Morgan fingerprint density at radius 2 is 2.32 bits per heavy atom. The summed E-state index contributed by atoms with van der Waals surface area (Å²) >= 11 is 0. The Kier molecular flexibility index (Phi) is 5.65. The highest BCUT2D eigenvalue weighted by Gasteiger charge is 2.29. The molecule has 1 aliphatic rings. The first-order valence-corrected chi connectivity index (χ1v) is 8.79. The number of guanidine groups is 1. The first-order chi connectivity index (χ1) is 12.2. The van der Waals surface area contributed by atoms with Crippen LogP contribution >= 0.6 is 0 Å². The summed E-state index contributed by atoms with van der Waals surface area (Å²) < 4.78 is 5.83. The van der Waals surface area contributed by atoms with E-state index in [4.69, 9.17) is 9.73 Å². The smallest absolute Gasteiger partial charge is 0.191 e. The average Bonchev–Trinajstić information content (AvgIpc) is 3.30. The van der Waals surface area contributed by atoms with E-state index in [0.717, 1.165) is 55.4 Å². The van der Waals surface area contributed by atoms with Crippen molar-refractivity contribution >= 4 is 5.96 Å². The monoisotopic (exact) mass is 342 g/mol. The Hall–Kier alpha value is -2.41. The largest absolute Gasteiger partial charge is 0.373 e. The molecule has 1 saturated heterocycles. The number of hydrogen-bond acceptors (Lipinski definition) is 4. The molecule has 3 N–H and O–H groups in total. The van der Waals surface area contributed by atoms with Gasteiger partial charge in [-0.1, -0.05) is 18.2 Å². The molecule has 7 nitrogen and oxygen atoms in total. The predicted molar refractivity (Wildman–Crippen MR) is 98.2 cm³/mol. The summed E-state index contributed by atoms with van der Waals surface area (Å²) in [6, 6.07) is 8.16. The van der Waals surface area contributed by atoms with E-state index in [1.807, 2.05) is 12.1 Å². The van der Waals surface area contributed by atoms with E-state index in [-0.39, 0.29) is 5.60 Å². The van der Waals surface area contributed by atoms with Crippen LogP contribution in [0.4, 0.5) is 0 Å². The fourth-order valence-corrected chi connectivity index (χ4v) is 2.92. The quantitative estimate of drug-likeness (QED) is 0.553. The van der Waals surface area contributed by atoms with Crippen molar-refractivity contribution in [3.05, 3.63) is 36.2 Å². The zero-order valence-corrected chi connectivity index (χ0v) is 14.9. The van der Waals surface area contributed by atoms with E-state index >= 15 is 0 Å². The molecule has 1 aromatic carbocycles.